The van der Waals surface area contributed by atoms with E-state index in [-0.39, 0.29) is 0 Å². The van der Waals surface area contributed by atoms with Crippen LogP contribution in [0.2, 0.25) is 0 Å². The number of rotatable bonds is 0. The fourth-order valence-corrected chi connectivity index (χ4v) is 9.31. The van der Waals surface area contributed by atoms with Crippen LogP contribution in [0.25, 0.3) is 0 Å². The van der Waals surface area contributed by atoms with E-state index in [0.717, 1.165) is 101 Å². The van der Waals surface area contributed by atoms with E-state index in [2.05, 4.69) is 60.1 Å². The summed E-state index contributed by atoms with van der Waals surface area (Å²) in [5, 5.41) is 24.2. The molecule has 0 bridgehead atoms. The zero-order chi connectivity index (χ0) is 27.2. The van der Waals surface area contributed by atoms with Crippen molar-refractivity contribution >= 4 is 23.5 Å². The van der Waals surface area contributed by atoms with Crippen LogP contribution in [-0.2, 0) is 0 Å². The third kappa shape index (κ3) is 4.52. The van der Waals surface area contributed by atoms with Crippen LogP contribution in [-0.4, -0.2) is 21.4 Å². The smallest absolute Gasteiger partial charge is 0.171 e. The zero-order valence-corrected chi connectivity index (χ0v) is 24.2. The molecule has 200 valence electrons. The van der Waals surface area contributed by atoms with Crippen LogP contribution in [0.4, 0.5) is 0 Å². The van der Waals surface area contributed by atoms with E-state index in [1.54, 1.807) is 11.8 Å². The summed E-state index contributed by atoms with van der Waals surface area (Å²) in [5.74, 6) is 13.3. The van der Waals surface area contributed by atoms with E-state index in [1.165, 1.54) is 16.2 Å². The SMILES string of the molecule is OC1(C#Cc2cccc(C#CC3(O)C4=C(C=CCC4)SC4=C3CCCC4)c2)C2=C(C=CCC2)SC2=C1CCC=C2. The normalized spacial score (nSPS) is 26.2. The summed E-state index contributed by atoms with van der Waals surface area (Å²) in [6.07, 6.45) is 22.6. The molecule has 2 nitrogen and oxygen atoms in total. The van der Waals surface area contributed by atoms with Gasteiger partial charge in [0.15, 0.2) is 11.2 Å². The lowest BCUT2D eigenvalue weighted by Crippen LogP contribution is -2.37. The molecule has 1 aromatic rings. The molecule has 0 saturated carbocycles. The molecule has 4 aliphatic carbocycles. The molecule has 0 saturated heterocycles. The predicted molar refractivity (Wildman–Crippen MR) is 167 cm³/mol. The van der Waals surface area contributed by atoms with Gasteiger partial charge in [0.1, 0.15) is 0 Å². The van der Waals surface area contributed by atoms with Crippen molar-refractivity contribution in [3.8, 4) is 23.7 Å². The molecule has 2 N–H and O–H groups in total. The standard InChI is InChI=1S/C36H32O2S2/c37-35(27-12-1-5-16-31(27)39-32-17-6-2-13-28(32)35)22-20-25-10-9-11-26(24-25)21-23-36(38)29-14-3-7-18-33(29)40-34-19-8-4-15-30(34)36/h5-7,9-11,16-18,24,37-38H,1-4,8,12-15,19H2. The van der Waals surface area contributed by atoms with Gasteiger partial charge in [-0.2, -0.15) is 0 Å². The first kappa shape index (κ1) is 26.1. The van der Waals surface area contributed by atoms with Crippen molar-refractivity contribution in [1.29, 1.82) is 0 Å². The first-order chi connectivity index (χ1) is 19.5. The zero-order valence-electron chi connectivity index (χ0n) is 22.6. The Morgan fingerprint density at radius 2 is 1.10 bits per heavy atom. The molecule has 2 heterocycles. The van der Waals surface area contributed by atoms with E-state index in [4.69, 9.17) is 0 Å². The Kier molecular flexibility index (Phi) is 6.85. The first-order valence-corrected chi connectivity index (χ1v) is 16.1. The van der Waals surface area contributed by atoms with Gasteiger partial charge in [-0.3, -0.25) is 0 Å². The number of hydrogen-bond acceptors (Lipinski definition) is 4. The molecule has 6 aliphatic rings. The van der Waals surface area contributed by atoms with E-state index in [1.807, 2.05) is 36.0 Å². The third-order valence-corrected chi connectivity index (χ3v) is 11.1. The highest BCUT2D eigenvalue weighted by Crippen LogP contribution is 2.53. The molecule has 0 fully saturated rings. The topological polar surface area (TPSA) is 40.5 Å². The van der Waals surface area contributed by atoms with Gasteiger partial charge >= 0.3 is 0 Å². The number of hydrogen-bond donors (Lipinski definition) is 2. The molecule has 0 amide bonds. The molecule has 4 heteroatoms. The van der Waals surface area contributed by atoms with Crippen LogP contribution in [0.15, 0.2) is 103 Å². The fourth-order valence-electron chi connectivity index (χ4n) is 6.58. The van der Waals surface area contributed by atoms with E-state index in [0.29, 0.717) is 0 Å². The van der Waals surface area contributed by atoms with Crippen LogP contribution >= 0.6 is 23.5 Å². The lowest BCUT2D eigenvalue weighted by molar-refractivity contribution is 0.165. The second-order valence-corrected chi connectivity index (χ2v) is 13.4. The van der Waals surface area contributed by atoms with Crippen LogP contribution < -0.4 is 0 Å². The van der Waals surface area contributed by atoms with Gasteiger partial charge in [0, 0.05) is 25.8 Å². The van der Waals surface area contributed by atoms with Crippen molar-refractivity contribution < 1.29 is 10.2 Å². The third-order valence-electron chi connectivity index (χ3n) is 8.64. The van der Waals surface area contributed by atoms with Crippen molar-refractivity contribution in [2.45, 2.75) is 75.4 Å². The minimum atomic E-state index is -1.23. The number of thioether (sulfide) groups is 2. The van der Waals surface area contributed by atoms with Crippen molar-refractivity contribution in [3.05, 3.63) is 114 Å². The maximum absolute atomic E-state index is 12.1. The van der Waals surface area contributed by atoms with Gasteiger partial charge in [0.05, 0.1) is 0 Å². The Bertz CT molecular complexity index is 1600. The minimum Gasteiger partial charge on any atom is -0.370 e. The number of aliphatic hydroxyl groups is 2. The van der Waals surface area contributed by atoms with E-state index < -0.39 is 11.2 Å². The fraction of sp³-hybridized carbons (Fsp3) is 0.333. The Labute approximate surface area is 245 Å². The quantitative estimate of drug-likeness (QED) is 0.316. The largest absolute Gasteiger partial charge is 0.370 e. The lowest BCUT2D eigenvalue weighted by Gasteiger charge is -2.39. The van der Waals surface area contributed by atoms with Crippen molar-refractivity contribution in [1.82, 2.24) is 0 Å². The van der Waals surface area contributed by atoms with Gasteiger partial charge in [-0.1, -0.05) is 89.7 Å². The Balaban J connectivity index is 1.24. The molecule has 1 unspecified atom stereocenters. The second kappa shape index (κ2) is 10.5. The van der Waals surface area contributed by atoms with Crippen LogP contribution in [0, 0.1) is 23.7 Å². The van der Waals surface area contributed by atoms with E-state index >= 15 is 0 Å². The summed E-state index contributed by atoms with van der Waals surface area (Å²) >= 11 is 3.61. The minimum absolute atomic E-state index is 0.824. The molecule has 1 atom stereocenters. The van der Waals surface area contributed by atoms with Crippen molar-refractivity contribution in [3.63, 3.8) is 0 Å². The lowest BCUT2D eigenvalue weighted by atomic mass is 9.77. The van der Waals surface area contributed by atoms with E-state index in [9.17, 15) is 10.2 Å². The highest BCUT2D eigenvalue weighted by atomic mass is 32.2. The van der Waals surface area contributed by atoms with Crippen LogP contribution in [0.5, 0.6) is 0 Å². The highest BCUT2D eigenvalue weighted by Gasteiger charge is 2.43. The number of allylic oxidation sites excluding steroid dienone is 7. The maximum atomic E-state index is 12.1. The Hall–Kier alpha value is -2.86. The van der Waals surface area contributed by atoms with Gasteiger partial charge in [-0.05, 0) is 110 Å². The summed E-state index contributed by atoms with van der Waals surface area (Å²) in [6, 6.07) is 7.92. The Morgan fingerprint density at radius 1 is 0.600 bits per heavy atom. The maximum Gasteiger partial charge on any atom is 0.171 e. The summed E-state index contributed by atoms with van der Waals surface area (Å²) in [6.45, 7) is 0. The molecule has 0 spiro atoms. The van der Waals surface area contributed by atoms with Gasteiger partial charge in [0.2, 0.25) is 0 Å². The van der Waals surface area contributed by atoms with Gasteiger partial charge in [0.25, 0.3) is 0 Å². The van der Waals surface area contributed by atoms with Gasteiger partial charge in [-0.25, -0.2) is 0 Å². The Morgan fingerprint density at radius 3 is 1.68 bits per heavy atom. The summed E-state index contributed by atoms with van der Waals surface area (Å²) < 4.78 is 0. The van der Waals surface area contributed by atoms with Crippen LogP contribution in [0.3, 0.4) is 0 Å². The molecule has 7 rings (SSSR count). The second-order valence-electron chi connectivity index (χ2n) is 11.2. The van der Waals surface area contributed by atoms with Gasteiger partial charge in [-0.15, -0.1) is 0 Å². The summed E-state index contributed by atoms with van der Waals surface area (Å²) in [7, 11) is 0. The van der Waals surface area contributed by atoms with Crippen molar-refractivity contribution in [2.24, 2.45) is 0 Å². The van der Waals surface area contributed by atoms with Gasteiger partial charge < -0.3 is 10.2 Å². The number of benzene rings is 1. The molecule has 0 radical (unpaired) electrons. The molecular weight excluding hydrogens is 529 g/mol. The van der Waals surface area contributed by atoms with Crippen molar-refractivity contribution in [2.75, 3.05) is 0 Å². The summed E-state index contributed by atoms with van der Waals surface area (Å²) in [5.41, 5.74) is 3.50. The predicted octanol–water partition coefficient (Wildman–Crippen LogP) is 7.99. The average molecular weight is 561 g/mol. The highest BCUT2D eigenvalue weighted by molar-refractivity contribution is 8.07. The van der Waals surface area contributed by atoms with Crippen LogP contribution in [0.1, 0.15) is 75.3 Å². The first-order valence-electron chi connectivity index (χ1n) is 14.4. The molecule has 0 aromatic heterocycles. The summed E-state index contributed by atoms with van der Waals surface area (Å²) in [4.78, 5) is 4.76. The monoisotopic (exact) mass is 560 g/mol. The molecule has 40 heavy (non-hydrogen) atoms. The molecular formula is C36H32O2S2. The molecule has 1 aromatic carbocycles. The molecule has 2 aliphatic heterocycles. The average Bonchev–Trinajstić information content (AvgIpc) is 3.00.